The van der Waals surface area contributed by atoms with Crippen molar-refractivity contribution < 1.29 is 0 Å². The van der Waals surface area contributed by atoms with Gasteiger partial charge in [-0.25, -0.2) is 0 Å². The van der Waals surface area contributed by atoms with Gasteiger partial charge in [-0.1, -0.05) is 6.92 Å². The van der Waals surface area contributed by atoms with Crippen LogP contribution in [0.15, 0.2) is 0 Å². The summed E-state index contributed by atoms with van der Waals surface area (Å²) in [5.41, 5.74) is 5.43. The third-order valence-corrected chi connectivity index (χ3v) is 1.72. The van der Waals surface area contributed by atoms with Crippen molar-refractivity contribution in [3.05, 3.63) is 0 Å². The standard InChI is InChI=1S/C5H12ClN/c1-3-5(2,7)4-6/h3-4,7H2,1-2H3/t5-/m1/s1. The molecule has 1 atom stereocenters. The summed E-state index contributed by atoms with van der Waals surface area (Å²) in [6.45, 7) is 3.97. The summed E-state index contributed by atoms with van der Waals surface area (Å²) < 4.78 is 0. The molecule has 0 aliphatic rings. The minimum atomic E-state index is -0.151. The summed E-state index contributed by atoms with van der Waals surface area (Å²) in [6.07, 6.45) is 0.941. The van der Waals surface area contributed by atoms with Gasteiger partial charge in [-0.15, -0.1) is 11.6 Å². The Morgan fingerprint density at radius 1 is 1.71 bits per heavy atom. The fourth-order valence-corrected chi connectivity index (χ4v) is 0.283. The lowest BCUT2D eigenvalue weighted by atomic mass is 10.0. The predicted octanol–water partition coefficient (Wildman–Crippen LogP) is 1.35. The second-order valence-corrected chi connectivity index (χ2v) is 2.41. The highest BCUT2D eigenvalue weighted by Gasteiger charge is 2.11. The second kappa shape index (κ2) is 2.53. The predicted molar refractivity (Wildman–Crippen MR) is 33.6 cm³/mol. The van der Waals surface area contributed by atoms with E-state index >= 15 is 0 Å². The Morgan fingerprint density at radius 3 is 2.14 bits per heavy atom. The Bertz CT molecular complexity index is 46.0. The van der Waals surface area contributed by atoms with Crippen molar-refractivity contribution in [1.82, 2.24) is 0 Å². The summed E-state index contributed by atoms with van der Waals surface area (Å²) in [6, 6.07) is 0. The van der Waals surface area contributed by atoms with Crippen LogP contribution < -0.4 is 5.73 Å². The van der Waals surface area contributed by atoms with Crippen molar-refractivity contribution in [3.8, 4) is 0 Å². The van der Waals surface area contributed by atoms with Crippen molar-refractivity contribution in [2.24, 2.45) is 5.73 Å². The monoisotopic (exact) mass is 121 g/mol. The molecule has 2 N–H and O–H groups in total. The molecule has 0 aromatic heterocycles. The summed E-state index contributed by atoms with van der Waals surface area (Å²) in [4.78, 5) is 0. The molecular formula is C5H12ClN. The van der Waals surface area contributed by atoms with Gasteiger partial charge in [0, 0.05) is 11.4 Å². The first-order valence-corrected chi connectivity index (χ1v) is 3.00. The highest BCUT2D eigenvalue weighted by Crippen LogP contribution is 2.05. The van der Waals surface area contributed by atoms with Gasteiger partial charge in [0.15, 0.2) is 0 Å². The number of hydrogen-bond donors (Lipinski definition) is 1. The van der Waals surface area contributed by atoms with Crippen LogP contribution in [0.4, 0.5) is 0 Å². The first-order valence-electron chi connectivity index (χ1n) is 2.47. The molecule has 0 aromatic rings. The van der Waals surface area contributed by atoms with Crippen molar-refractivity contribution in [3.63, 3.8) is 0 Å². The van der Waals surface area contributed by atoms with Gasteiger partial charge in [-0.05, 0) is 13.3 Å². The molecule has 7 heavy (non-hydrogen) atoms. The topological polar surface area (TPSA) is 26.0 Å². The Labute approximate surface area is 49.8 Å². The lowest BCUT2D eigenvalue weighted by Crippen LogP contribution is -2.36. The maximum atomic E-state index is 5.58. The molecular weight excluding hydrogens is 110 g/mol. The van der Waals surface area contributed by atoms with Crippen LogP contribution in [0.25, 0.3) is 0 Å². The van der Waals surface area contributed by atoms with Gasteiger partial charge in [-0.3, -0.25) is 0 Å². The fourth-order valence-electron chi connectivity index (χ4n) is 0.0945. The number of nitrogens with two attached hydrogens (primary N) is 1. The van der Waals surface area contributed by atoms with Crippen molar-refractivity contribution in [1.29, 1.82) is 0 Å². The van der Waals surface area contributed by atoms with E-state index in [9.17, 15) is 0 Å². The van der Waals surface area contributed by atoms with Gasteiger partial charge < -0.3 is 5.73 Å². The Kier molecular flexibility index (Phi) is 2.62. The molecule has 0 amide bonds. The molecule has 0 spiro atoms. The van der Waals surface area contributed by atoms with E-state index < -0.39 is 0 Å². The number of hydrogen-bond acceptors (Lipinski definition) is 1. The van der Waals surface area contributed by atoms with E-state index in [0.29, 0.717) is 5.88 Å². The zero-order chi connectivity index (χ0) is 5.91. The molecule has 0 aliphatic heterocycles. The first-order chi connectivity index (χ1) is 3.12. The Morgan fingerprint density at radius 2 is 2.14 bits per heavy atom. The average molecular weight is 122 g/mol. The zero-order valence-electron chi connectivity index (χ0n) is 4.87. The van der Waals surface area contributed by atoms with Crippen LogP contribution in [0.1, 0.15) is 20.3 Å². The molecule has 0 unspecified atom stereocenters. The third kappa shape index (κ3) is 2.89. The largest absolute Gasteiger partial charge is 0.324 e. The average Bonchev–Trinajstić information content (AvgIpc) is 1.68. The van der Waals surface area contributed by atoms with E-state index in [2.05, 4.69) is 0 Å². The van der Waals surface area contributed by atoms with Gasteiger partial charge in [0.1, 0.15) is 0 Å². The van der Waals surface area contributed by atoms with Gasteiger partial charge in [0.05, 0.1) is 0 Å². The molecule has 44 valence electrons. The molecule has 0 bridgehead atoms. The normalized spacial score (nSPS) is 18.9. The molecule has 1 nitrogen and oxygen atoms in total. The van der Waals surface area contributed by atoms with Crippen LogP contribution in [0.3, 0.4) is 0 Å². The van der Waals surface area contributed by atoms with Crippen LogP contribution >= 0.6 is 11.6 Å². The molecule has 0 aromatic carbocycles. The molecule has 0 heterocycles. The number of halogens is 1. The van der Waals surface area contributed by atoms with E-state index in [1.165, 1.54) is 0 Å². The second-order valence-electron chi connectivity index (χ2n) is 2.14. The molecule has 0 saturated carbocycles. The first kappa shape index (κ1) is 7.25. The van der Waals surface area contributed by atoms with Crippen LogP contribution in [0.5, 0.6) is 0 Å². The Hall–Kier alpha value is 0.250. The molecule has 0 saturated heterocycles. The quantitative estimate of drug-likeness (QED) is 0.549. The van der Waals surface area contributed by atoms with Crippen molar-refractivity contribution in [2.45, 2.75) is 25.8 Å². The molecule has 2 heteroatoms. The van der Waals surface area contributed by atoms with E-state index in [-0.39, 0.29) is 5.54 Å². The summed E-state index contributed by atoms with van der Waals surface area (Å²) in [7, 11) is 0. The van der Waals surface area contributed by atoms with Crippen LogP contribution in [-0.4, -0.2) is 11.4 Å². The minimum Gasteiger partial charge on any atom is -0.324 e. The molecule has 0 fully saturated rings. The highest BCUT2D eigenvalue weighted by atomic mass is 35.5. The SMILES string of the molecule is CC[C@@](C)(N)CCl. The Balaban J connectivity index is 3.36. The minimum absolute atomic E-state index is 0.151. The highest BCUT2D eigenvalue weighted by molar-refractivity contribution is 6.18. The maximum Gasteiger partial charge on any atom is 0.0401 e. The molecule has 0 radical (unpaired) electrons. The van der Waals surface area contributed by atoms with Crippen molar-refractivity contribution in [2.75, 3.05) is 5.88 Å². The van der Waals surface area contributed by atoms with E-state index in [1.54, 1.807) is 0 Å². The van der Waals surface area contributed by atoms with E-state index in [0.717, 1.165) is 6.42 Å². The maximum absolute atomic E-state index is 5.58. The number of rotatable bonds is 2. The van der Waals surface area contributed by atoms with Gasteiger partial charge in [-0.2, -0.15) is 0 Å². The molecule has 0 aliphatic carbocycles. The fraction of sp³-hybridized carbons (Fsp3) is 1.00. The zero-order valence-corrected chi connectivity index (χ0v) is 5.63. The van der Waals surface area contributed by atoms with Gasteiger partial charge in [0.25, 0.3) is 0 Å². The lowest BCUT2D eigenvalue weighted by molar-refractivity contribution is 0.508. The van der Waals surface area contributed by atoms with Crippen molar-refractivity contribution >= 4 is 11.6 Å². The van der Waals surface area contributed by atoms with Crippen LogP contribution in [-0.2, 0) is 0 Å². The summed E-state index contributed by atoms with van der Waals surface area (Å²) in [5, 5.41) is 0. The van der Waals surface area contributed by atoms with E-state index in [4.69, 9.17) is 17.3 Å². The summed E-state index contributed by atoms with van der Waals surface area (Å²) in [5.74, 6) is 0.545. The number of alkyl halides is 1. The molecule has 0 rings (SSSR count). The van der Waals surface area contributed by atoms with Gasteiger partial charge >= 0.3 is 0 Å². The van der Waals surface area contributed by atoms with Crippen LogP contribution in [0.2, 0.25) is 0 Å². The van der Waals surface area contributed by atoms with Gasteiger partial charge in [0.2, 0.25) is 0 Å². The summed E-state index contributed by atoms with van der Waals surface area (Å²) >= 11 is 5.47. The smallest absolute Gasteiger partial charge is 0.0401 e. The lowest BCUT2D eigenvalue weighted by Gasteiger charge is -2.17. The third-order valence-electron chi connectivity index (χ3n) is 1.11. The van der Waals surface area contributed by atoms with Crippen LogP contribution in [0, 0.1) is 0 Å². The van der Waals surface area contributed by atoms with E-state index in [1.807, 2.05) is 13.8 Å².